The zero-order valence-electron chi connectivity index (χ0n) is 4.85. The predicted molar refractivity (Wildman–Crippen MR) is 31.8 cm³/mol. The summed E-state index contributed by atoms with van der Waals surface area (Å²) in [7, 11) is 0. The molecule has 0 fully saturated rings. The predicted octanol–water partition coefficient (Wildman–Crippen LogP) is -0.405. The fourth-order valence-electron chi connectivity index (χ4n) is 0.614. The summed E-state index contributed by atoms with van der Waals surface area (Å²) < 4.78 is 4.36. The van der Waals surface area contributed by atoms with E-state index in [0.29, 0.717) is 11.2 Å². The van der Waals surface area contributed by atoms with Gasteiger partial charge in [-0.1, -0.05) is 0 Å². The standard InChI is InChI=1S/C4H3N5O/c5-4-6-1-2-3(7-4)9-10-8-2/h1H,(H2,5,7,9). The molecule has 0 aromatic carbocycles. The first kappa shape index (κ1) is 5.10. The minimum absolute atomic E-state index is 0.170. The molecule has 10 heavy (non-hydrogen) atoms. The van der Waals surface area contributed by atoms with E-state index in [1.165, 1.54) is 6.20 Å². The highest BCUT2D eigenvalue weighted by Crippen LogP contribution is 2.03. The summed E-state index contributed by atoms with van der Waals surface area (Å²) in [6.45, 7) is 0. The fraction of sp³-hybridized carbons (Fsp3) is 0. The van der Waals surface area contributed by atoms with Gasteiger partial charge in [0, 0.05) is 0 Å². The minimum atomic E-state index is 0.170. The first-order chi connectivity index (χ1) is 4.86. The van der Waals surface area contributed by atoms with Crippen LogP contribution in [0, 0.1) is 0 Å². The summed E-state index contributed by atoms with van der Waals surface area (Å²) in [5, 5.41) is 6.96. The third kappa shape index (κ3) is 0.586. The van der Waals surface area contributed by atoms with E-state index in [-0.39, 0.29) is 5.95 Å². The Bertz CT molecular complexity index is 355. The molecule has 0 aliphatic rings. The second-order valence-electron chi connectivity index (χ2n) is 1.70. The first-order valence-electron chi connectivity index (χ1n) is 2.57. The van der Waals surface area contributed by atoms with Crippen molar-refractivity contribution in [2.24, 2.45) is 0 Å². The van der Waals surface area contributed by atoms with Crippen molar-refractivity contribution in [3.8, 4) is 0 Å². The number of rotatable bonds is 0. The fourth-order valence-corrected chi connectivity index (χ4v) is 0.614. The molecule has 2 rings (SSSR count). The number of hydrogen-bond acceptors (Lipinski definition) is 6. The molecule has 0 aliphatic heterocycles. The van der Waals surface area contributed by atoms with Gasteiger partial charge in [0.15, 0.2) is 5.52 Å². The molecule has 6 heteroatoms. The molecule has 2 heterocycles. The van der Waals surface area contributed by atoms with Crippen molar-refractivity contribution in [2.45, 2.75) is 0 Å². The van der Waals surface area contributed by atoms with E-state index in [1.807, 2.05) is 0 Å². The van der Waals surface area contributed by atoms with Gasteiger partial charge in [0.05, 0.1) is 6.20 Å². The summed E-state index contributed by atoms with van der Waals surface area (Å²) in [6.07, 6.45) is 1.45. The Hall–Kier alpha value is -1.72. The largest absolute Gasteiger partial charge is 0.368 e. The zero-order chi connectivity index (χ0) is 6.97. The second-order valence-corrected chi connectivity index (χ2v) is 1.70. The van der Waals surface area contributed by atoms with E-state index in [4.69, 9.17) is 5.73 Å². The highest BCUT2D eigenvalue weighted by atomic mass is 16.6. The molecule has 0 atom stereocenters. The summed E-state index contributed by atoms with van der Waals surface area (Å²) >= 11 is 0. The molecule has 2 aromatic heterocycles. The molecule has 0 spiro atoms. The lowest BCUT2D eigenvalue weighted by atomic mass is 10.6. The Kier molecular flexibility index (Phi) is 0.830. The van der Waals surface area contributed by atoms with Crippen LogP contribution in [0.4, 0.5) is 5.95 Å². The average Bonchev–Trinajstić information content (AvgIpc) is 2.33. The summed E-state index contributed by atoms with van der Waals surface area (Å²) in [5.41, 5.74) is 6.14. The first-order valence-corrected chi connectivity index (χ1v) is 2.57. The SMILES string of the molecule is Nc1ncc2nonc2n1. The molecule has 2 aromatic rings. The second kappa shape index (κ2) is 1.63. The van der Waals surface area contributed by atoms with Crippen molar-refractivity contribution < 1.29 is 4.63 Å². The molecule has 0 bridgehead atoms. The molecule has 2 N–H and O–H groups in total. The maximum absolute atomic E-state index is 5.25. The van der Waals surface area contributed by atoms with Crippen molar-refractivity contribution >= 4 is 17.1 Å². The van der Waals surface area contributed by atoms with E-state index >= 15 is 0 Å². The zero-order valence-corrected chi connectivity index (χ0v) is 4.85. The molecule has 50 valence electrons. The van der Waals surface area contributed by atoms with Gasteiger partial charge >= 0.3 is 0 Å². The topological polar surface area (TPSA) is 90.7 Å². The number of aromatic nitrogens is 4. The number of fused-ring (bicyclic) bond motifs is 1. The van der Waals surface area contributed by atoms with Gasteiger partial charge in [-0.05, 0) is 10.3 Å². The summed E-state index contributed by atoms with van der Waals surface area (Å²) in [5.74, 6) is 0.170. The molecule has 6 nitrogen and oxygen atoms in total. The third-order valence-corrected chi connectivity index (χ3v) is 1.04. The Morgan fingerprint density at radius 1 is 1.40 bits per heavy atom. The highest BCUT2D eigenvalue weighted by molar-refractivity contribution is 5.67. The Labute approximate surface area is 55.0 Å². The monoisotopic (exact) mass is 137 g/mol. The van der Waals surface area contributed by atoms with E-state index in [0.717, 1.165) is 0 Å². The van der Waals surface area contributed by atoms with Crippen molar-refractivity contribution in [1.82, 2.24) is 20.3 Å². The van der Waals surface area contributed by atoms with Crippen molar-refractivity contribution in [1.29, 1.82) is 0 Å². The van der Waals surface area contributed by atoms with Gasteiger partial charge in [0.25, 0.3) is 0 Å². The highest BCUT2D eigenvalue weighted by Gasteiger charge is 2.00. The Balaban J connectivity index is 2.86. The van der Waals surface area contributed by atoms with Gasteiger partial charge in [0.1, 0.15) is 0 Å². The van der Waals surface area contributed by atoms with Crippen LogP contribution in [0.1, 0.15) is 0 Å². The average molecular weight is 137 g/mol. The van der Waals surface area contributed by atoms with Gasteiger partial charge in [-0.25, -0.2) is 9.61 Å². The lowest BCUT2D eigenvalue weighted by Crippen LogP contribution is -1.93. The maximum Gasteiger partial charge on any atom is 0.228 e. The molecule has 0 unspecified atom stereocenters. The number of nitrogen functional groups attached to an aromatic ring is 1. The molecular formula is C4H3N5O. The lowest BCUT2D eigenvalue weighted by Gasteiger charge is -1.84. The maximum atomic E-state index is 5.25. The van der Waals surface area contributed by atoms with Crippen LogP contribution in [0.25, 0.3) is 11.2 Å². The van der Waals surface area contributed by atoms with Crippen LogP contribution in [0.2, 0.25) is 0 Å². The smallest absolute Gasteiger partial charge is 0.228 e. The third-order valence-electron chi connectivity index (χ3n) is 1.04. The van der Waals surface area contributed by atoms with Gasteiger partial charge in [0.2, 0.25) is 11.6 Å². The lowest BCUT2D eigenvalue weighted by molar-refractivity contribution is 0.315. The van der Waals surface area contributed by atoms with Gasteiger partial charge in [-0.3, -0.25) is 0 Å². The molecule has 0 saturated heterocycles. The van der Waals surface area contributed by atoms with Crippen molar-refractivity contribution in [3.63, 3.8) is 0 Å². The van der Waals surface area contributed by atoms with E-state index < -0.39 is 0 Å². The summed E-state index contributed by atoms with van der Waals surface area (Å²) in [4.78, 5) is 7.42. The van der Waals surface area contributed by atoms with Crippen LogP contribution in [-0.4, -0.2) is 20.3 Å². The van der Waals surface area contributed by atoms with Gasteiger partial charge in [-0.2, -0.15) is 4.98 Å². The van der Waals surface area contributed by atoms with Gasteiger partial charge in [-0.15, -0.1) is 0 Å². The minimum Gasteiger partial charge on any atom is -0.368 e. The van der Waals surface area contributed by atoms with Crippen LogP contribution in [0.15, 0.2) is 10.8 Å². The molecule has 0 saturated carbocycles. The van der Waals surface area contributed by atoms with E-state index in [2.05, 4.69) is 24.9 Å². The molecular weight excluding hydrogens is 134 g/mol. The van der Waals surface area contributed by atoms with Crippen molar-refractivity contribution in [3.05, 3.63) is 6.20 Å². The van der Waals surface area contributed by atoms with Crippen LogP contribution in [-0.2, 0) is 0 Å². The van der Waals surface area contributed by atoms with Crippen LogP contribution >= 0.6 is 0 Å². The van der Waals surface area contributed by atoms with E-state index in [1.54, 1.807) is 0 Å². The molecule has 0 amide bonds. The number of anilines is 1. The van der Waals surface area contributed by atoms with Crippen molar-refractivity contribution in [2.75, 3.05) is 5.73 Å². The Morgan fingerprint density at radius 2 is 2.30 bits per heavy atom. The molecule has 0 aliphatic carbocycles. The Morgan fingerprint density at radius 3 is 3.20 bits per heavy atom. The number of nitrogens with zero attached hydrogens (tertiary/aromatic N) is 4. The van der Waals surface area contributed by atoms with Crippen LogP contribution in [0.5, 0.6) is 0 Å². The van der Waals surface area contributed by atoms with E-state index in [9.17, 15) is 0 Å². The summed E-state index contributed by atoms with van der Waals surface area (Å²) in [6, 6.07) is 0. The molecule has 0 radical (unpaired) electrons. The number of hydrogen-bond donors (Lipinski definition) is 1. The number of nitrogens with two attached hydrogens (primary N) is 1. The van der Waals surface area contributed by atoms with Gasteiger partial charge < -0.3 is 5.73 Å². The van der Waals surface area contributed by atoms with Crippen LogP contribution in [0.3, 0.4) is 0 Å². The quantitative estimate of drug-likeness (QED) is 0.531. The normalized spacial score (nSPS) is 10.4. The van der Waals surface area contributed by atoms with Crippen LogP contribution < -0.4 is 5.73 Å².